The second kappa shape index (κ2) is 20.2. The van der Waals surface area contributed by atoms with Crippen molar-refractivity contribution in [3.05, 3.63) is 322 Å². The molecule has 0 bridgehead atoms. The summed E-state index contributed by atoms with van der Waals surface area (Å²) in [6.45, 7) is 0. The zero-order valence-corrected chi connectivity index (χ0v) is 51.6. The number of benzene rings is 14. The Morgan fingerprint density at radius 2 is 0.458 bits per heavy atom. The minimum atomic E-state index is 0.506. The highest BCUT2D eigenvalue weighted by molar-refractivity contribution is 6.26. The second-order valence-electron chi connectivity index (χ2n) is 25.1. The molecule has 0 N–H and O–H groups in total. The SMILES string of the molecule is c1ccc(-n2c3ccccc3c3cc(-c4cc(-c5ccc6c(c5)c5ccccc5n6-c5ccccc5)cc(-n5c6ccccc6c6c5ccc5c7ccccc7n(-c7nc(-n8c9ccccc9c9ccccc98)nc(-n8c9ccccc9c9ccccc98)n7)c56)c4)ccc32)cc1. The third kappa shape index (κ3) is 7.53. The third-order valence-corrected chi connectivity index (χ3v) is 20.0. The van der Waals surface area contributed by atoms with E-state index in [4.69, 9.17) is 15.0 Å². The second-order valence-corrected chi connectivity index (χ2v) is 25.1. The van der Waals surface area contributed by atoms with E-state index in [0.717, 1.165) is 138 Å². The van der Waals surface area contributed by atoms with Gasteiger partial charge >= 0.3 is 0 Å². The van der Waals surface area contributed by atoms with Gasteiger partial charge in [-0.1, -0.05) is 200 Å². The minimum absolute atomic E-state index is 0.506. The Kier molecular flexibility index (Phi) is 11.0. The highest BCUT2D eigenvalue weighted by Crippen LogP contribution is 2.46. The Bertz CT molecular complexity index is 6420. The van der Waals surface area contributed by atoms with Crippen molar-refractivity contribution in [2.45, 2.75) is 0 Å². The molecular formula is C87H53N9. The van der Waals surface area contributed by atoms with E-state index in [2.05, 4.69) is 349 Å². The lowest BCUT2D eigenvalue weighted by molar-refractivity contribution is 0.848. The third-order valence-electron chi connectivity index (χ3n) is 20.0. The molecule has 9 nitrogen and oxygen atoms in total. The van der Waals surface area contributed by atoms with E-state index in [1.54, 1.807) is 0 Å². The van der Waals surface area contributed by atoms with Crippen LogP contribution >= 0.6 is 0 Å². The molecule has 0 aliphatic heterocycles. The summed E-state index contributed by atoms with van der Waals surface area (Å²) in [5, 5.41) is 13.7. The summed E-state index contributed by atoms with van der Waals surface area (Å²) in [4.78, 5) is 17.0. The van der Waals surface area contributed by atoms with E-state index < -0.39 is 0 Å². The number of aromatic nitrogens is 9. The largest absolute Gasteiger partial charge is 0.309 e. The molecule has 0 saturated carbocycles. The van der Waals surface area contributed by atoms with Gasteiger partial charge in [-0.25, -0.2) is 0 Å². The van der Waals surface area contributed by atoms with E-state index in [9.17, 15) is 0 Å². The number of rotatable bonds is 8. The van der Waals surface area contributed by atoms with Crippen molar-refractivity contribution in [3.63, 3.8) is 0 Å². The van der Waals surface area contributed by atoms with Gasteiger partial charge in [-0.05, 0) is 144 Å². The fourth-order valence-electron chi connectivity index (χ4n) is 16.0. The molecule has 0 radical (unpaired) electrons. The number of para-hydroxylation sites is 10. The van der Waals surface area contributed by atoms with Crippen molar-refractivity contribution in [1.82, 2.24) is 42.4 Å². The fraction of sp³-hybridized carbons (Fsp3) is 0. The Balaban J connectivity index is 0.847. The lowest BCUT2D eigenvalue weighted by Crippen LogP contribution is -2.13. The summed E-state index contributed by atoms with van der Waals surface area (Å²) in [5.41, 5.74) is 20.6. The molecule has 0 aliphatic carbocycles. The molecule has 0 fully saturated rings. The molecule has 0 amide bonds. The van der Waals surface area contributed by atoms with Crippen molar-refractivity contribution < 1.29 is 0 Å². The van der Waals surface area contributed by atoms with Gasteiger partial charge in [-0.15, -0.1) is 0 Å². The van der Waals surface area contributed by atoms with Crippen LogP contribution in [0, 0.1) is 0 Å². The molecule has 0 aliphatic rings. The molecule has 7 aromatic heterocycles. The van der Waals surface area contributed by atoms with Gasteiger partial charge in [0.25, 0.3) is 0 Å². The smallest absolute Gasteiger partial charge is 0.241 e. The first-order valence-electron chi connectivity index (χ1n) is 32.7. The van der Waals surface area contributed by atoms with Gasteiger partial charge in [0, 0.05) is 81.7 Å². The number of hydrogen-bond acceptors (Lipinski definition) is 3. The first-order chi connectivity index (χ1) is 47.6. The molecule has 7 heterocycles. The molecule has 0 atom stereocenters. The van der Waals surface area contributed by atoms with E-state index in [1.165, 1.54) is 32.6 Å². The van der Waals surface area contributed by atoms with Gasteiger partial charge in [0.1, 0.15) is 0 Å². The molecule has 0 spiro atoms. The van der Waals surface area contributed by atoms with Crippen LogP contribution in [0.3, 0.4) is 0 Å². The zero-order valence-electron chi connectivity index (χ0n) is 51.6. The molecule has 446 valence electrons. The maximum Gasteiger partial charge on any atom is 0.241 e. The van der Waals surface area contributed by atoms with Crippen LogP contribution in [-0.4, -0.2) is 42.4 Å². The van der Waals surface area contributed by atoms with Gasteiger partial charge in [-0.3, -0.25) is 13.7 Å². The van der Waals surface area contributed by atoms with Crippen LogP contribution in [-0.2, 0) is 0 Å². The van der Waals surface area contributed by atoms with Crippen molar-refractivity contribution in [2.24, 2.45) is 0 Å². The predicted molar refractivity (Wildman–Crippen MR) is 397 cm³/mol. The summed E-state index contributed by atoms with van der Waals surface area (Å²) >= 11 is 0. The standard InChI is InChI=1S/C87H53N9/c1-3-23-58(24-4-1)91-72-35-15-12-32-66(72)70-52-54(43-46-80(70)91)56-49-57(55-44-47-81-71(53-55)67-33-13-16-36-73(67)92(81)59-25-5-2-6-26-59)51-60(50-56)93-79-42-22-14-34-69(79)83-82(93)48-45-68-65-31-11-21-41-78(65)96(84(68)83)87-89-85(94-74-37-17-7-27-61(74)62-28-8-18-38-75(62)94)88-86(90-87)95-76-39-19-9-29-63(76)64-30-10-20-40-77(64)95/h1-53H. The molecule has 21 rings (SSSR count). The summed E-state index contributed by atoms with van der Waals surface area (Å²) < 4.78 is 14.0. The Labute approximate surface area is 548 Å². The molecule has 0 saturated heterocycles. The minimum Gasteiger partial charge on any atom is -0.309 e. The van der Waals surface area contributed by atoms with Crippen LogP contribution in [0.2, 0.25) is 0 Å². The Hall–Kier alpha value is -13.1. The maximum atomic E-state index is 5.73. The van der Waals surface area contributed by atoms with Gasteiger partial charge in [0.15, 0.2) is 0 Å². The van der Waals surface area contributed by atoms with Gasteiger partial charge in [0.2, 0.25) is 17.8 Å². The average Bonchev–Trinajstić information content (AvgIpc) is 1.54. The maximum absolute atomic E-state index is 5.73. The van der Waals surface area contributed by atoms with Crippen LogP contribution in [0.4, 0.5) is 0 Å². The number of hydrogen-bond donors (Lipinski definition) is 0. The van der Waals surface area contributed by atoms with Crippen LogP contribution in [0.1, 0.15) is 0 Å². The molecule has 14 aromatic carbocycles. The Morgan fingerprint density at radius 3 is 0.875 bits per heavy atom. The van der Waals surface area contributed by atoms with E-state index in [0.29, 0.717) is 17.8 Å². The first kappa shape index (κ1) is 52.5. The van der Waals surface area contributed by atoms with Crippen molar-refractivity contribution in [2.75, 3.05) is 0 Å². The van der Waals surface area contributed by atoms with E-state index in [1.807, 2.05) is 0 Å². The van der Waals surface area contributed by atoms with Crippen LogP contribution < -0.4 is 0 Å². The summed E-state index contributed by atoms with van der Waals surface area (Å²) in [7, 11) is 0. The lowest BCUT2D eigenvalue weighted by Gasteiger charge is -2.15. The van der Waals surface area contributed by atoms with E-state index in [-0.39, 0.29) is 0 Å². The van der Waals surface area contributed by atoms with Gasteiger partial charge in [0.05, 0.1) is 66.2 Å². The molecule has 0 unspecified atom stereocenters. The predicted octanol–water partition coefficient (Wildman–Crippen LogP) is 21.8. The topological polar surface area (TPSA) is 68.2 Å². The number of fused-ring (bicyclic) bond motifs is 19. The lowest BCUT2D eigenvalue weighted by atomic mass is 9.96. The molecular weight excluding hydrogens is 1170 g/mol. The summed E-state index contributed by atoms with van der Waals surface area (Å²) in [6, 6.07) is 117. The van der Waals surface area contributed by atoms with Crippen molar-refractivity contribution >= 4 is 131 Å². The normalized spacial score (nSPS) is 12.2. The Morgan fingerprint density at radius 1 is 0.167 bits per heavy atom. The van der Waals surface area contributed by atoms with Crippen LogP contribution in [0.25, 0.3) is 188 Å². The average molecular weight is 1220 g/mol. The summed E-state index contributed by atoms with van der Waals surface area (Å²) in [5.74, 6) is 1.54. The number of nitrogens with zero attached hydrogens (tertiary/aromatic N) is 9. The highest BCUT2D eigenvalue weighted by atomic mass is 15.3. The zero-order chi connectivity index (χ0) is 62.7. The monoisotopic (exact) mass is 1220 g/mol. The van der Waals surface area contributed by atoms with Gasteiger partial charge < -0.3 is 13.7 Å². The van der Waals surface area contributed by atoms with Gasteiger partial charge in [-0.2, -0.15) is 15.0 Å². The quantitative estimate of drug-likeness (QED) is 0.152. The molecule has 9 heteroatoms. The van der Waals surface area contributed by atoms with Crippen molar-refractivity contribution in [1.29, 1.82) is 0 Å². The summed E-state index contributed by atoms with van der Waals surface area (Å²) in [6.07, 6.45) is 0. The van der Waals surface area contributed by atoms with Crippen molar-refractivity contribution in [3.8, 4) is 57.2 Å². The van der Waals surface area contributed by atoms with Crippen LogP contribution in [0.5, 0.6) is 0 Å². The fourth-order valence-corrected chi connectivity index (χ4v) is 16.0. The molecule has 96 heavy (non-hydrogen) atoms. The van der Waals surface area contributed by atoms with E-state index >= 15 is 0 Å². The van der Waals surface area contributed by atoms with Crippen LogP contribution in [0.15, 0.2) is 322 Å². The molecule has 21 aromatic rings. The highest BCUT2D eigenvalue weighted by Gasteiger charge is 2.27. The first-order valence-corrected chi connectivity index (χ1v) is 32.7.